The summed E-state index contributed by atoms with van der Waals surface area (Å²) in [5.74, 6) is -1.65. The smallest absolute Gasteiger partial charge is 0.310 e. The van der Waals surface area contributed by atoms with Gasteiger partial charge in [-0.15, -0.1) is 0 Å². The molecule has 1 atom stereocenters. The molecule has 1 rings (SSSR count). The second kappa shape index (κ2) is 4.07. The van der Waals surface area contributed by atoms with Gasteiger partial charge in [-0.25, -0.2) is 0 Å². The summed E-state index contributed by atoms with van der Waals surface area (Å²) in [7, 11) is 0. The molecule has 0 amide bonds. The Kier molecular flexibility index (Phi) is 3.24. The quantitative estimate of drug-likeness (QED) is 0.773. The van der Waals surface area contributed by atoms with Crippen LogP contribution in [0.5, 0.6) is 0 Å². The number of aliphatic carboxylic acids is 1. The normalized spacial score (nSPS) is 12.5. The van der Waals surface area contributed by atoms with Gasteiger partial charge in [-0.3, -0.25) is 4.79 Å². The third kappa shape index (κ3) is 2.11. The molecule has 0 bridgehead atoms. The van der Waals surface area contributed by atoms with Crippen LogP contribution in [0.1, 0.15) is 18.4 Å². The van der Waals surface area contributed by atoms with Gasteiger partial charge in [0.25, 0.3) is 0 Å². The maximum atomic E-state index is 10.7. The lowest BCUT2D eigenvalue weighted by Crippen LogP contribution is -2.08. The average molecular weight is 234 g/mol. The molecule has 1 aromatic carbocycles. The molecule has 0 saturated heterocycles. The Morgan fingerprint density at radius 2 is 2.00 bits per heavy atom. The molecule has 5 heteroatoms. The van der Waals surface area contributed by atoms with E-state index in [0.717, 1.165) is 0 Å². The van der Waals surface area contributed by atoms with Gasteiger partial charge < -0.3 is 10.8 Å². The standard InChI is InChI=1S/C9H9Cl2NO2/c1-4(9(13)14)5-2-7(11)8(12)3-6(5)10/h2-4H,12H2,1H3,(H,13,14). The lowest BCUT2D eigenvalue weighted by Gasteiger charge is -2.10. The molecule has 0 radical (unpaired) electrons. The highest BCUT2D eigenvalue weighted by Gasteiger charge is 2.18. The summed E-state index contributed by atoms with van der Waals surface area (Å²) < 4.78 is 0. The van der Waals surface area contributed by atoms with E-state index in [0.29, 0.717) is 21.3 Å². The number of carboxylic acids is 1. The topological polar surface area (TPSA) is 63.3 Å². The number of hydrogen-bond acceptors (Lipinski definition) is 2. The number of nitrogen functional groups attached to an aromatic ring is 1. The minimum Gasteiger partial charge on any atom is -0.481 e. The Bertz CT molecular complexity index is 379. The minimum atomic E-state index is -0.951. The minimum absolute atomic E-state index is 0.317. The van der Waals surface area contributed by atoms with E-state index < -0.39 is 11.9 Å². The van der Waals surface area contributed by atoms with Crippen LogP contribution in [0, 0.1) is 0 Å². The van der Waals surface area contributed by atoms with Crippen molar-refractivity contribution in [2.24, 2.45) is 0 Å². The monoisotopic (exact) mass is 233 g/mol. The van der Waals surface area contributed by atoms with E-state index >= 15 is 0 Å². The third-order valence-corrected chi connectivity index (χ3v) is 2.61. The van der Waals surface area contributed by atoms with Crippen LogP contribution in [0.2, 0.25) is 10.0 Å². The van der Waals surface area contributed by atoms with Crippen molar-refractivity contribution in [2.75, 3.05) is 5.73 Å². The first-order valence-corrected chi connectivity index (χ1v) is 4.66. The first kappa shape index (κ1) is 11.1. The summed E-state index contributed by atoms with van der Waals surface area (Å²) in [6, 6.07) is 2.94. The molecule has 3 nitrogen and oxygen atoms in total. The molecule has 3 N–H and O–H groups in total. The molecular weight excluding hydrogens is 225 g/mol. The fraction of sp³-hybridized carbons (Fsp3) is 0.222. The van der Waals surface area contributed by atoms with E-state index in [9.17, 15) is 4.79 Å². The number of benzene rings is 1. The Morgan fingerprint density at radius 1 is 1.43 bits per heavy atom. The zero-order valence-corrected chi connectivity index (χ0v) is 8.93. The second-order valence-corrected chi connectivity index (χ2v) is 3.77. The number of nitrogens with two attached hydrogens (primary N) is 1. The molecule has 0 aliphatic carbocycles. The number of rotatable bonds is 2. The van der Waals surface area contributed by atoms with Gasteiger partial charge in [0.05, 0.1) is 16.6 Å². The van der Waals surface area contributed by atoms with Crippen LogP contribution in [0.25, 0.3) is 0 Å². The number of anilines is 1. The largest absolute Gasteiger partial charge is 0.481 e. The van der Waals surface area contributed by atoms with Crippen molar-refractivity contribution < 1.29 is 9.90 Å². The Hall–Kier alpha value is -0.930. The SMILES string of the molecule is CC(C(=O)O)c1cc(Cl)c(N)cc1Cl. The summed E-state index contributed by atoms with van der Waals surface area (Å²) in [6.45, 7) is 1.54. The number of halogens is 2. The zero-order valence-electron chi connectivity index (χ0n) is 7.42. The van der Waals surface area contributed by atoms with Gasteiger partial charge in [0.2, 0.25) is 0 Å². The van der Waals surface area contributed by atoms with Crippen molar-refractivity contribution in [3.8, 4) is 0 Å². The Labute approximate surface area is 91.4 Å². The summed E-state index contributed by atoms with van der Waals surface area (Å²) in [5.41, 5.74) is 6.32. The van der Waals surface area contributed by atoms with Gasteiger partial charge >= 0.3 is 5.97 Å². The van der Waals surface area contributed by atoms with Crippen LogP contribution in [0.15, 0.2) is 12.1 Å². The van der Waals surface area contributed by atoms with Crippen LogP contribution in [-0.2, 0) is 4.79 Å². The van der Waals surface area contributed by atoms with Crippen LogP contribution < -0.4 is 5.73 Å². The van der Waals surface area contributed by atoms with E-state index in [1.165, 1.54) is 19.1 Å². The summed E-state index contributed by atoms with van der Waals surface area (Å²) >= 11 is 11.6. The zero-order chi connectivity index (χ0) is 10.9. The Balaban J connectivity index is 3.22. The molecule has 0 heterocycles. The summed E-state index contributed by atoms with van der Waals surface area (Å²) in [4.78, 5) is 10.7. The van der Waals surface area contributed by atoms with Crippen molar-refractivity contribution in [3.63, 3.8) is 0 Å². The molecule has 14 heavy (non-hydrogen) atoms. The fourth-order valence-electron chi connectivity index (χ4n) is 1.04. The van der Waals surface area contributed by atoms with Gasteiger partial charge in [-0.05, 0) is 24.6 Å². The van der Waals surface area contributed by atoms with Crippen molar-refractivity contribution in [2.45, 2.75) is 12.8 Å². The first-order valence-electron chi connectivity index (χ1n) is 3.90. The average Bonchev–Trinajstić information content (AvgIpc) is 2.10. The molecule has 1 unspecified atom stereocenters. The van der Waals surface area contributed by atoms with E-state index in [1.54, 1.807) is 0 Å². The van der Waals surface area contributed by atoms with Crippen LogP contribution >= 0.6 is 23.2 Å². The van der Waals surface area contributed by atoms with E-state index in [-0.39, 0.29) is 0 Å². The van der Waals surface area contributed by atoms with Crippen molar-refractivity contribution >= 4 is 34.9 Å². The van der Waals surface area contributed by atoms with Crippen molar-refractivity contribution in [1.29, 1.82) is 0 Å². The highest BCUT2D eigenvalue weighted by atomic mass is 35.5. The predicted molar refractivity (Wildman–Crippen MR) is 56.9 cm³/mol. The lowest BCUT2D eigenvalue weighted by atomic mass is 10.0. The fourth-order valence-corrected chi connectivity index (χ4v) is 1.55. The van der Waals surface area contributed by atoms with E-state index in [1.807, 2.05) is 0 Å². The molecule has 0 aliphatic rings. The molecule has 0 spiro atoms. The molecule has 0 aromatic heterocycles. The molecule has 0 aliphatic heterocycles. The molecule has 0 fully saturated rings. The molecule has 0 saturated carbocycles. The molecule has 76 valence electrons. The number of carbonyl (C=O) groups is 1. The maximum Gasteiger partial charge on any atom is 0.310 e. The lowest BCUT2D eigenvalue weighted by molar-refractivity contribution is -0.138. The van der Waals surface area contributed by atoms with Crippen molar-refractivity contribution in [3.05, 3.63) is 27.7 Å². The number of carboxylic acid groups (broad SMARTS) is 1. The highest BCUT2D eigenvalue weighted by Crippen LogP contribution is 2.31. The number of hydrogen-bond donors (Lipinski definition) is 2. The van der Waals surface area contributed by atoms with Crippen LogP contribution in [0.3, 0.4) is 0 Å². The summed E-state index contributed by atoms with van der Waals surface area (Å²) in [6.07, 6.45) is 0. The van der Waals surface area contributed by atoms with Gasteiger partial charge in [-0.1, -0.05) is 23.2 Å². The van der Waals surface area contributed by atoms with Gasteiger partial charge in [0, 0.05) is 5.02 Å². The van der Waals surface area contributed by atoms with Gasteiger partial charge in [0.15, 0.2) is 0 Å². The second-order valence-electron chi connectivity index (χ2n) is 2.96. The van der Waals surface area contributed by atoms with E-state index in [2.05, 4.69) is 0 Å². The predicted octanol–water partition coefficient (Wildman–Crippen LogP) is 2.76. The summed E-state index contributed by atoms with van der Waals surface area (Å²) in [5, 5.41) is 9.43. The maximum absolute atomic E-state index is 10.7. The molecular formula is C9H9Cl2NO2. The van der Waals surface area contributed by atoms with Crippen molar-refractivity contribution in [1.82, 2.24) is 0 Å². The van der Waals surface area contributed by atoms with E-state index in [4.69, 9.17) is 34.0 Å². The van der Waals surface area contributed by atoms with Crippen LogP contribution in [0.4, 0.5) is 5.69 Å². The van der Waals surface area contributed by atoms with Crippen LogP contribution in [-0.4, -0.2) is 11.1 Å². The third-order valence-electron chi connectivity index (χ3n) is 1.95. The van der Waals surface area contributed by atoms with Gasteiger partial charge in [0.1, 0.15) is 0 Å². The first-order chi connectivity index (χ1) is 6.43. The Morgan fingerprint density at radius 3 is 2.50 bits per heavy atom. The molecule has 1 aromatic rings. The highest BCUT2D eigenvalue weighted by molar-refractivity contribution is 6.35. The van der Waals surface area contributed by atoms with Gasteiger partial charge in [-0.2, -0.15) is 0 Å².